The summed E-state index contributed by atoms with van der Waals surface area (Å²) < 4.78 is 13.3. The lowest BCUT2D eigenvalue weighted by molar-refractivity contribution is 0.210. The lowest BCUT2D eigenvalue weighted by Crippen LogP contribution is -2.23. The average molecular weight is 346 g/mol. The number of aromatic nitrogens is 3. The highest BCUT2D eigenvalue weighted by atomic mass is 32.2. The molecule has 0 N–H and O–H groups in total. The van der Waals surface area contributed by atoms with Crippen molar-refractivity contribution in [1.29, 1.82) is 0 Å². The van der Waals surface area contributed by atoms with Crippen molar-refractivity contribution in [2.24, 2.45) is 7.05 Å². The normalized spacial score (nSPS) is 11.5. The summed E-state index contributed by atoms with van der Waals surface area (Å²) in [6.07, 6.45) is 5.72. The topological polar surface area (TPSA) is 60.2 Å². The van der Waals surface area contributed by atoms with Crippen molar-refractivity contribution in [3.05, 3.63) is 48.4 Å². The second kappa shape index (κ2) is 8.21. The fraction of sp³-hybridized carbons (Fsp3) is 0.412. The van der Waals surface area contributed by atoms with Gasteiger partial charge in [-0.3, -0.25) is 4.90 Å². The fourth-order valence-electron chi connectivity index (χ4n) is 2.39. The molecule has 3 rings (SSSR count). The summed E-state index contributed by atoms with van der Waals surface area (Å²) in [6.45, 7) is 4.77. The van der Waals surface area contributed by atoms with Crippen LogP contribution in [0.15, 0.2) is 55.9 Å². The van der Waals surface area contributed by atoms with E-state index in [0.717, 1.165) is 47.8 Å². The zero-order valence-electron chi connectivity index (χ0n) is 14.0. The summed E-state index contributed by atoms with van der Waals surface area (Å²) in [4.78, 5) is 2.35. The quantitative estimate of drug-likeness (QED) is 0.584. The van der Waals surface area contributed by atoms with E-state index in [9.17, 15) is 0 Å². The molecule has 0 aliphatic carbocycles. The van der Waals surface area contributed by atoms with Gasteiger partial charge in [0.05, 0.1) is 19.4 Å². The van der Waals surface area contributed by atoms with Crippen LogP contribution in [0.5, 0.6) is 0 Å². The third-order valence-electron chi connectivity index (χ3n) is 3.67. The molecule has 0 bridgehead atoms. The Morgan fingerprint density at radius 2 is 2.08 bits per heavy atom. The van der Waals surface area contributed by atoms with E-state index in [1.54, 1.807) is 12.6 Å². The summed E-state index contributed by atoms with van der Waals surface area (Å²) >= 11 is 1.48. The van der Waals surface area contributed by atoms with Gasteiger partial charge in [0.15, 0.2) is 10.2 Å². The standard InChI is InChI=1S/C17H22N4O2S/c1-3-4-9-21(11-14-6-5-10-22-14)12-15-7-8-16(23-15)24-17-19-18-13-20(17)2/h5-8,10,13H,3-4,9,11-12H2,1-2H3. The van der Waals surface area contributed by atoms with Crippen LogP contribution in [0.25, 0.3) is 0 Å². The third kappa shape index (κ3) is 4.52. The van der Waals surface area contributed by atoms with Crippen molar-refractivity contribution < 1.29 is 8.83 Å². The van der Waals surface area contributed by atoms with Crippen molar-refractivity contribution in [2.75, 3.05) is 6.54 Å². The van der Waals surface area contributed by atoms with Crippen LogP contribution in [-0.2, 0) is 20.1 Å². The zero-order valence-corrected chi connectivity index (χ0v) is 14.8. The molecular weight excluding hydrogens is 324 g/mol. The van der Waals surface area contributed by atoms with Gasteiger partial charge >= 0.3 is 0 Å². The first-order chi connectivity index (χ1) is 11.7. The van der Waals surface area contributed by atoms with Gasteiger partial charge in [0.2, 0.25) is 0 Å². The van der Waals surface area contributed by atoms with Crippen molar-refractivity contribution in [1.82, 2.24) is 19.7 Å². The van der Waals surface area contributed by atoms with Gasteiger partial charge in [0.1, 0.15) is 17.8 Å². The van der Waals surface area contributed by atoms with Gasteiger partial charge in [-0.25, -0.2) is 0 Å². The minimum Gasteiger partial charge on any atom is -0.468 e. The van der Waals surface area contributed by atoms with Gasteiger partial charge in [-0.2, -0.15) is 0 Å². The molecule has 3 aromatic rings. The monoisotopic (exact) mass is 346 g/mol. The number of unbranched alkanes of at least 4 members (excludes halogenated alkanes) is 1. The van der Waals surface area contributed by atoms with Crippen LogP contribution in [0.1, 0.15) is 31.3 Å². The van der Waals surface area contributed by atoms with Crippen molar-refractivity contribution in [3.63, 3.8) is 0 Å². The van der Waals surface area contributed by atoms with Gasteiger partial charge in [0, 0.05) is 7.05 Å². The predicted octanol–water partition coefficient (Wildman–Crippen LogP) is 3.95. The van der Waals surface area contributed by atoms with Gasteiger partial charge in [0.25, 0.3) is 0 Å². The molecule has 0 aliphatic heterocycles. The highest BCUT2D eigenvalue weighted by Gasteiger charge is 2.13. The van der Waals surface area contributed by atoms with E-state index < -0.39 is 0 Å². The lowest BCUT2D eigenvalue weighted by Gasteiger charge is -2.19. The number of aryl methyl sites for hydroxylation is 1. The first-order valence-corrected chi connectivity index (χ1v) is 8.91. The third-order valence-corrected chi connectivity index (χ3v) is 4.64. The highest BCUT2D eigenvalue weighted by Crippen LogP contribution is 2.27. The summed E-state index contributed by atoms with van der Waals surface area (Å²) in [7, 11) is 1.92. The van der Waals surface area contributed by atoms with Crippen LogP contribution in [-0.4, -0.2) is 26.2 Å². The van der Waals surface area contributed by atoms with Gasteiger partial charge in [-0.1, -0.05) is 13.3 Å². The summed E-state index contributed by atoms with van der Waals surface area (Å²) in [5.74, 6) is 1.92. The number of hydrogen-bond acceptors (Lipinski definition) is 6. The Morgan fingerprint density at radius 3 is 2.79 bits per heavy atom. The van der Waals surface area contributed by atoms with Crippen LogP contribution >= 0.6 is 11.8 Å². The van der Waals surface area contributed by atoms with E-state index in [1.165, 1.54) is 18.2 Å². The number of hydrogen-bond donors (Lipinski definition) is 0. The molecule has 0 saturated carbocycles. The molecule has 7 heteroatoms. The molecule has 0 atom stereocenters. The van der Waals surface area contributed by atoms with E-state index in [1.807, 2.05) is 35.9 Å². The average Bonchev–Trinajstić information content (AvgIpc) is 3.30. The molecule has 0 spiro atoms. The molecular formula is C17H22N4O2S. The number of rotatable bonds is 9. The Balaban J connectivity index is 1.62. The largest absolute Gasteiger partial charge is 0.468 e. The smallest absolute Gasteiger partial charge is 0.198 e. The Labute approximate surface area is 145 Å². The van der Waals surface area contributed by atoms with Crippen molar-refractivity contribution in [2.45, 2.75) is 43.1 Å². The van der Waals surface area contributed by atoms with Crippen LogP contribution in [0.2, 0.25) is 0 Å². The van der Waals surface area contributed by atoms with Gasteiger partial charge in [-0.05, 0) is 49.0 Å². The second-order valence-electron chi connectivity index (χ2n) is 5.69. The van der Waals surface area contributed by atoms with Gasteiger partial charge in [-0.15, -0.1) is 10.2 Å². The van der Waals surface area contributed by atoms with E-state index >= 15 is 0 Å². The zero-order chi connectivity index (χ0) is 16.8. The Bertz CT molecular complexity index is 735. The minimum absolute atomic E-state index is 0.764. The Kier molecular flexibility index (Phi) is 5.77. The maximum Gasteiger partial charge on any atom is 0.198 e. The molecule has 3 heterocycles. The molecule has 24 heavy (non-hydrogen) atoms. The number of furan rings is 2. The van der Waals surface area contributed by atoms with Crippen LogP contribution < -0.4 is 0 Å². The lowest BCUT2D eigenvalue weighted by atomic mass is 10.3. The predicted molar refractivity (Wildman–Crippen MR) is 91.6 cm³/mol. The van der Waals surface area contributed by atoms with E-state index in [2.05, 4.69) is 22.0 Å². The molecule has 0 aromatic carbocycles. The van der Waals surface area contributed by atoms with Crippen molar-refractivity contribution >= 4 is 11.8 Å². The molecule has 0 radical (unpaired) electrons. The Hall–Kier alpha value is -1.99. The molecule has 0 fully saturated rings. The maximum absolute atomic E-state index is 5.95. The van der Waals surface area contributed by atoms with E-state index in [0.29, 0.717) is 0 Å². The maximum atomic E-state index is 5.95. The summed E-state index contributed by atoms with van der Waals surface area (Å²) in [5, 5.41) is 9.59. The first kappa shape index (κ1) is 16.9. The van der Waals surface area contributed by atoms with E-state index in [4.69, 9.17) is 8.83 Å². The van der Waals surface area contributed by atoms with Crippen LogP contribution in [0.4, 0.5) is 0 Å². The van der Waals surface area contributed by atoms with Crippen LogP contribution in [0.3, 0.4) is 0 Å². The summed E-state index contributed by atoms with van der Waals surface area (Å²) in [6, 6.07) is 7.95. The minimum atomic E-state index is 0.764. The van der Waals surface area contributed by atoms with Crippen LogP contribution in [0, 0.1) is 0 Å². The molecule has 0 saturated heterocycles. The highest BCUT2D eigenvalue weighted by molar-refractivity contribution is 7.99. The molecule has 3 aromatic heterocycles. The fourth-order valence-corrected chi connectivity index (χ4v) is 3.14. The van der Waals surface area contributed by atoms with Crippen molar-refractivity contribution in [3.8, 4) is 0 Å². The van der Waals surface area contributed by atoms with E-state index in [-0.39, 0.29) is 0 Å². The molecule has 0 amide bonds. The molecule has 0 unspecified atom stereocenters. The second-order valence-corrected chi connectivity index (χ2v) is 6.66. The SMILES string of the molecule is CCCCN(Cc1ccco1)Cc1ccc(Sc2nncn2C)o1. The number of nitrogens with zero attached hydrogens (tertiary/aromatic N) is 4. The first-order valence-electron chi connectivity index (χ1n) is 8.10. The molecule has 6 nitrogen and oxygen atoms in total. The summed E-state index contributed by atoms with van der Waals surface area (Å²) in [5.41, 5.74) is 0. The molecule has 128 valence electrons. The Morgan fingerprint density at radius 1 is 1.21 bits per heavy atom. The van der Waals surface area contributed by atoms with Gasteiger partial charge < -0.3 is 13.4 Å². The molecule has 0 aliphatic rings.